The topological polar surface area (TPSA) is 51.6 Å². The standard InChI is InChI=1S/C20H14N4S/c1-6-19(16-5-3-11-22-13-16)24-20(7-1)25-17-8-9-18(23-14-17)15-4-2-10-21-12-15/h1-14H. The zero-order chi connectivity index (χ0) is 16.9. The van der Waals surface area contributed by atoms with Crippen LogP contribution in [0.4, 0.5) is 0 Å². The van der Waals surface area contributed by atoms with Crippen molar-refractivity contribution in [3.8, 4) is 22.5 Å². The van der Waals surface area contributed by atoms with Crippen LogP contribution in [0.3, 0.4) is 0 Å². The molecule has 0 aliphatic heterocycles. The van der Waals surface area contributed by atoms with E-state index in [0.717, 1.165) is 32.4 Å². The highest BCUT2D eigenvalue weighted by molar-refractivity contribution is 7.99. The lowest BCUT2D eigenvalue weighted by Crippen LogP contribution is -1.88. The number of pyridine rings is 4. The van der Waals surface area contributed by atoms with Gasteiger partial charge in [-0.3, -0.25) is 15.0 Å². The predicted molar refractivity (Wildman–Crippen MR) is 99.1 cm³/mol. The Balaban J connectivity index is 1.55. The maximum atomic E-state index is 4.70. The van der Waals surface area contributed by atoms with Gasteiger partial charge in [-0.1, -0.05) is 17.8 Å². The molecule has 0 unspecified atom stereocenters. The first-order valence-corrected chi connectivity index (χ1v) is 8.62. The summed E-state index contributed by atoms with van der Waals surface area (Å²) in [4.78, 5) is 18.6. The maximum Gasteiger partial charge on any atom is 0.102 e. The fourth-order valence-electron chi connectivity index (χ4n) is 2.39. The Bertz CT molecular complexity index is 958. The molecule has 4 nitrogen and oxygen atoms in total. The van der Waals surface area contributed by atoms with Gasteiger partial charge in [0, 0.05) is 47.0 Å². The zero-order valence-electron chi connectivity index (χ0n) is 13.3. The van der Waals surface area contributed by atoms with Gasteiger partial charge >= 0.3 is 0 Å². The molecule has 5 heteroatoms. The average Bonchev–Trinajstić information content (AvgIpc) is 2.70. The van der Waals surface area contributed by atoms with E-state index in [1.54, 1.807) is 24.2 Å². The van der Waals surface area contributed by atoms with Gasteiger partial charge in [-0.2, -0.15) is 0 Å². The van der Waals surface area contributed by atoms with E-state index in [0.29, 0.717) is 0 Å². The van der Waals surface area contributed by atoms with Gasteiger partial charge in [0.2, 0.25) is 0 Å². The summed E-state index contributed by atoms with van der Waals surface area (Å²) in [6.45, 7) is 0. The number of nitrogens with zero attached hydrogens (tertiary/aromatic N) is 4. The van der Waals surface area contributed by atoms with Gasteiger partial charge in [-0.15, -0.1) is 0 Å². The second-order valence-corrected chi connectivity index (χ2v) is 6.42. The molecule has 0 N–H and O–H groups in total. The molecule has 0 aliphatic rings. The van der Waals surface area contributed by atoms with E-state index in [1.807, 2.05) is 67.1 Å². The third kappa shape index (κ3) is 3.72. The van der Waals surface area contributed by atoms with Crippen molar-refractivity contribution in [3.05, 3.63) is 85.6 Å². The summed E-state index contributed by atoms with van der Waals surface area (Å²) >= 11 is 1.59. The Kier molecular flexibility index (Phi) is 4.48. The van der Waals surface area contributed by atoms with Gasteiger partial charge in [0.05, 0.1) is 11.4 Å². The molecule has 0 spiro atoms. The summed E-state index contributed by atoms with van der Waals surface area (Å²) < 4.78 is 0. The normalized spacial score (nSPS) is 10.6. The molecule has 4 aromatic heterocycles. The molecule has 25 heavy (non-hydrogen) atoms. The number of hydrogen-bond donors (Lipinski definition) is 0. The van der Waals surface area contributed by atoms with E-state index in [1.165, 1.54) is 0 Å². The first-order valence-electron chi connectivity index (χ1n) is 7.80. The summed E-state index contributed by atoms with van der Waals surface area (Å²) in [5.41, 5.74) is 3.85. The molecule has 0 radical (unpaired) electrons. The van der Waals surface area contributed by atoms with E-state index in [-0.39, 0.29) is 0 Å². The summed E-state index contributed by atoms with van der Waals surface area (Å²) in [6, 6.07) is 17.9. The molecule has 0 amide bonds. The maximum absolute atomic E-state index is 4.70. The van der Waals surface area contributed by atoms with Crippen LogP contribution in [0.15, 0.2) is 95.5 Å². The van der Waals surface area contributed by atoms with Crippen molar-refractivity contribution in [2.45, 2.75) is 9.92 Å². The van der Waals surface area contributed by atoms with Gasteiger partial charge in [0.15, 0.2) is 0 Å². The highest BCUT2D eigenvalue weighted by atomic mass is 32.2. The Hall–Kier alpha value is -3.05. The van der Waals surface area contributed by atoms with Crippen molar-refractivity contribution in [3.63, 3.8) is 0 Å². The largest absolute Gasteiger partial charge is 0.264 e. The van der Waals surface area contributed by atoms with E-state index in [9.17, 15) is 0 Å². The Labute approximate surface area is 150 Å². The van der Waals surface area contributed by atoms with Crippen molar-refractivity contribution < 1.29 is 0 Å². The Morgan fingerprint density at radius 3 is 2.04 bits per heavy atom. The molecule has 0 saturated heterocycles. The average molecular weight is 342 g/mol. The van der Waals surface area contributed by atoms with Crippen LogP contribution in [0, 0.1) is 0 Å². The van der Waals surface area contributed by atoms with Crippen LogP contribution in [0.2, 0.25) is 0 Å². The zero-order valence-corrected chi connectivity index (χ0v) is 14.1. The molecule has 4 rings (SSSR count). The second-order valence-electron chi connectivity index (χ2n) is 5.33. The minimum Gasteiger partial charge on any atom is -0.264 e. The quantitative estimate of drug-likeness (QED) is 0.535. The molecule has 4 aromatic rings. The minimum absolute atomic E-state index is 0.912. The van der Waals surface area contributed by atoms with Crippen LogP contribution >= 0.6 is 11.8 Å². The molecule has 0 saturated carbocycles. The molecule has 0 bridgehead atoms. The number of rotatable bonds is 4. The summed E-state index contributed by atoms with van der Waals surface area (Å²) in [7, 11) is 0. The van der Waals surface area contributed by atoms with Gasteiger partial charge in [-0.25, -0.2) is 4.98 Å². The second kappa shape index (κ2) is 7.23. The first-order chi connectivity index (χ1) is 12.4. The van der Waals surface area contributed by atoms with Crippen molar-refractivity contribution >= 4 is 11.8 Å². The number of hydrogen-bond acceptors (Lipinski definition) is 5. The van der Waals surface area contributed by atoms with Crippen molar-refractivity contribution in [2.24, 2.45) is 0 Å². The molecule has 0 aliphatic carbocycles. The van der Waals surface area contributed by atoms with Gasteiger partial charge in [0.1, 0.15) is 5.03 Å². The van der Waals surface area contributed by atoms with E-state index >= 15 is 0 Å². The number of aromatic nitrogens is 4. The van der Waals surface area contributed by atoms with Gasteiger partial charge in [0.25, 0.3) is 0 Å². The van der Waals surface area contributed by atoms with Crippen LogP contribution in [-0.2, 0) is 0 Å². The molecule has 4 heterocycles. The fourth-order valence-corrected chi connectivity index (χ4v) is 3.17. The summed E-state index contributed by atoms with van der Waals surface area (Å²) in [5.74, 6) is 0. The Morgan fingerprint density at radius 2 is 1.40 bits per heavy atom. The summed E-state index contributed by atoms with van der Waals surface area (Å²) in [5, 5.41) is 0.928. The van der Waals surface area contributed by atoms with Crippen LogP contribution < -0.4 is 0 Å². The van der Waals surface area contributed by atoms with E-state index < -0.39 is 0 Å². The monoisotopic (exact) mass is 342 g/mol. The lowest BCUT2D eigenvalue weighted by atomic mass is 10.2. The lowest BCUT2D eigenvalue weighted by Gasteiger charge is -2.05. The predicted octanol–water partition coefficient (Wildman–Crippen LogP) is 4.75. The molecule has 0 aromatic carbocycles. The Morgan fingerprint density at radius 1 is 0.640 bits per heavy atom. The van der Waals surface area contributed by atoms with Crippen LogP contribution in [0.25, 0.3) is 22.5 Å². The summed E-state index contributed by atoms with van der Waals surface area (Å²) in [6.07, 6.45) is 9.02. The molecule has 120 valence electrons. The SMILES string of the molecule is c1cncc(-c2ccc(Sc3cccc(-c4cccnc4)n3)cn2)c1. The van der Waals surface area contributed by atoms with Crippen molar-refractivity contribution in [1.29, 1.82) is 0 Å². The van der Waals surface area contributed by atoms with Gasteiger partial charge < -0.3 is 0 Å². The van der Waals surface area contributed by atoms with Crippen LogP contribution in [0.1, 0.15) is 0 Å². The van der Waals surface area contributed by atoms with Crippen LogP contribution in [-0.4, -0.2) is 19.9 Å². The van der Waals surface area contributed by atoms with E-state index in [4.69, 9.17) is 4.98 Å². The van der Waals surface area contributed by atoms with Crippen LogP contribution in [0.5, 0.6) is 0 Å². The highest BCUT2D eigenvalue weighted by Gasteiger charge is 2.05. The molecule has 0 fully saturated rings. The first kappa shape index (κ1) is 15.5. The lowest BCUT2D eigenvalue weighted by molar-refractivity contribution is 1.13. The molecular weight excluding hydrogens is 328 g/mol. The molecular formula is C20H14N4S. The third-order valence-corrected chi connectivity index (χ3v) is 4.51. The highest BCUT2D eigenvalue weighted by Crippen LogP contribution is 2.28. The van der Waals surface area contributed by atoms with Gasteiger partial charge in [-0.05, 0) is 48.5 Å². The minimum atomic E-state index is 0.912. The van der Waals surface area contributed by atoms with Crippen molar-refractivity contribution in [1.82, 2.24) is 19.9 Å². The van der Waals surface area contributed by atoms with Crippen molar-refractivity contribution in [2.75, 3.05) is 0 Å². The fraction of sp³-hybridized carbons (Fsp3) is 0. The molecule has 0 atom stereocenters. The third-order valence-electron chi connectivity index (χ3n) is 3.60. The smallest absolute Gasteiger partial charge is 0.102 e. The van der Waals surface area contributed by atoms with E-state index in [2.05, 4.69) is 21.0 Å².